The van der Waals surface area contributed by atoms with Crippen molar-refractivity contribution in [2.24, 2.45) is 0 Å². The first-order valence-corrected chi connectivity index (χ1v) is 8.96. The highest BCUT2D eigenvalue weighted by molar-refractivity contribution is 5.99. The maximum absolute atomic E-state index is 13.4. The molecule has 6 heteroatoms. The van der Waals surface area contributed by atoms with Gasteiger partial charge in [0.1, 0.15) is 5.82 Å². The number of anilines is 1. The van der Waals surface area contributed by atoms with Crippen molar-refractivity contribution < 1.29 is 14.0 Å². The van der Waals surface area contributed by atoms with Gasteiger partial charge in [0.25, 0.3) is 5.91 Å². The van der Waals surface area contributed by atoms with Gasteiger partial charge in [-0.3, -0.25) is 14.6 Å². The Bertz CT molecular complexity index is 1010. The molecule has 0 saturated carbocycles. The summed E-state index contributed by atoms with van der Waals surface area (Å²) in [5.41, 5.74) is 2.86. The average molecular weight is 375 g/mol. The fourth-order valence-corrected chi connectivity index (χ4v) is 3.45. The van der Waals surface area contributed by atoms with Crippen LogP contribution in [-0.2, 0) is 11.3 Å². The highest BCUT2D eigenvalue weighted by Gasteiger charge is 2.34. The van der Waals surface area contributed by atoms with E-state index < -0.39 is 6.04 Å². The number of rotatable bonds is 5. The van der Waals surface area contributed by atoms with Crippen LogP contribution >= 0.6 is 0 Å². The summed E-state index contributed by atoms with van der Waals surface area (Å²) in [5.74, 6) is -0.733. The molecule has 28 heavy (non-hydrogen) atoms. The number of nitrogens with one attached hydrogen (secondary N) is 1. The van der Waals surface area contributed by atoms with Crippen LogP contribution in [0.1, 0.15) is 33.9 Å². The summed E-state index contributed by atoms with van der Waals surface area (Å²) in [6.07, 6.45) is 3.24. The van der Waals surface area contributed by atoms with Crippen molar-refractivity contribution in [2.45, 2.75) is 19.0 Å². The molecule has 2 heterocycles. The van der Waals surface area contributed by atoms with Crippen LogP contribution in [0.2, 0.25) is 0 Å². The molecule has 0 spiro atoms. The van der Waals surface area contributed by atoms with Gasteiger partial charge in [0.2, 0.25) is 5.91 Å². The fraction of sp³-hybridized carbons (Fsp3) is 0.136. The smallest absolute Gasteiger partial charge is 0.255 e. The summed E-state index contributed by atoms with van der Waals surface area (Å²) in [6, 6.07) is 16.3. The highest BCUT2D eigenvalue weighted by atomic mass is 19.1. The van der Waals surface area contributed by atoms with Gasteiger partial charge >= 0.3 is 0 Å². The van der Waals surface area contributed by atoms with Crippen LogP contribution in [0.3, 0.4) is 0 Å². The summed E-state index contributed by atoms with van der Waals surface area (Å²) in [7, 11) is 0. The zero-order valence-electron chi connectivity index (χ0n) is 15.0. The van der Waals surface area contributed by atoms with E-state index in [1.807, 2.05) is 18.2 Å². The Balaban J connectivity index is 1.61. The Labute approximate surface area is 161 Å². The molecule has 0 fully saturated rings. The summed E-state index contributed by atoms with van der Waals surface area (Å²) in [6.45, 7) is 0.414. The molecule has 0 aliphatic carbocycles. The number of carbonyl (C=O) groups is 2. The molecule has 1 aliphatic heterocycles. The van der Waals surface area contributed by atoms with E-state index in [1.54, 1.807) is 47.6 Å². The zero-order chi connectivity index (χ0) is 19.5. The van der Waals surface area contributed by atoms with Crippen molar-refractivity contribution in [1.82, 2.24) is 9.88 Å². The molecule has 2 amide bonds. The Morgan fingerprint density at radius 1 is 1.11 bits per heavy atom. The molecule has 140 valence electrons. The van der Waals surface area contributed by atoms with Crippen LogP contribution in [0.5, 0.6) is 0 Å². The Kier molecular flexibility index (Phi) is 4.85. The minimum absolute atomic E-state index is 0.0558. The largest absolute Gasteiger partial charge is 0.327 e. The lowest BCUT2D eigenvalue weighted by atomic mass is 10.0. The number of hydrogen-bond acceptors (Lipinski definition) is 3. The SMILES string of the molecule is O=C(C[C@H](c1ccc(F)cc1)N1Cc2ccccc2C1=O)Nc1cccnc1. The van der Waals surface area contributed by atoms with Crippen molar-refractivity contribution >= 4 is 17.5 Å². The second-order valence-corrected chi connectivity index (χ2v) is 6.65. The van der Waals surface area contributed by atoms with Gasteiger partial charge in [0.05, 0.1) is 24.3 Å². The quantitative estimate of drug-likeness (QED) is 0.735. The summed E-state index contributed by atoms with van der Waals surface area (Å²) >= 11 is 0. The molecular formula is C22H18FN3O2. The van der Waals surface area contributed by atoms with E-state index in [2.05, 4.69) is 10.3 Å². The van der Waals surface area contributed by atoms with Crippen molar-refractivity contribution in [3.8, 4) is 0 Å². The van der Waals surface area contributed by atoms with Crippen LogP contribution in [0.25, 0.3) is 0 Å². The van der Waals surface area contributed by atoms with Crippen molar-refractivity contribution in [3.63, 3.8) is 0 Å². The van der Waals surface area contributed by atoms with Gasteiger partial charge in [-0.05, 0) is 41.5 Å². The summed E-state index contributed by atoms with van der Waals surface area (Å²) < 4.78 is 13.4. The van der Waals surface area contributed by atoms with Crippen LogP contribution in [0, 0.1) is 5.82 Å². The number of aromatic nitrogens is 1. The second-order valence-electron chi connectivity index (χ2n) is 6.65. The highest BCUT2D eigenvalue weighted by Crippen LogP contribution is 2.33. The number of carbonyl (C=O) groups excluding carboxylic acids is 2. The lowest BCUT2D eigenvalue weighted by Gasteiger charge is -2.28. The number of nitrogens with zero attached hydrogens (tertiary/aromatic N) is 2. The normalized spacial score (nSPS) is 13.9. The van der Waals surface area contributed by atoms with E-state index >= 15 is 0 Å². The van der Waals surface area contributed by atoms with Crippen LogP contribution in [-0.4, -0.2) is 21.7 Å². The maximum Gasteiger partial charge on any atom is 0.255 e. The fourth-order valence-electron chi connectivity index (χ4n) is 3.45. The molecule has 0 bridgehead atoms. The molecule has 3 aromatic rings. The van der Waals surface area contributed by atoms with Crippen LogP contribution < -0.4 is 5.32 Å². The van der Waals surface area contributed by atoms with E-state index in [1.165, 1.54) is 12.1 Å². The standard InChI is InChI=1S/C22H18FN3O2/c23-17-9-7-15(8-10-17)20(12-21(27)25-18-5-3-11-24-13-18)26-14-16-4-1-2-6-19(16)22(26)28/h1-11,13,20H,12,14H2,(H,25,27)/t20-/m1/s1. The monoisotopic (exact) mass is 375 g/mol. The molecule has 5 nitrogen and oxygen atoms in total. The lowest BCUT2D eigenvalue weighted by molar-refractivity contribution is -0.117. The van der Waals surface area contributed by atoms with Gasteiger partial charge in [-0.2, -0.15) is 0 Å². The van der Waals surface area contributed by atoms with Crippen molar-refractivity contribution in [2.75, 3.05) is 5.32 Å². The molecular weight excluding hydrogens is 357 g/mol. The molecule has 1 aromatic heterocycles. The van der Waals surface area contributed by atoms with Crippen molar-refractivity contribution in [3.05, 3.63) is 95.6 Å². The van der Waals surface area contributed by atoms with Crippen LogP contribution in [0.15, 0.2) is 73.1 Å². The van der Waals surface area contributed by atoms with Gasteiger partial charge in [-0.15, -0.1) is 0 Å². The minimum atomic E-state index is -0.503. The number of halogens is 1. The lowest BCUT2D eigenvalue weighted by Crippen LogP contribution is -2.32. The van der Waals surface area contributed by atoms with E-state index in [4.69, 9.17) is 0 Å². The van der Waals surface area contributed by atoms with E-state index in [0.29, 0.717) is 23.4 Å². The first-order valence-electron chi connectivity index (χ1n) is 8.96. The predicted octanol–water partition coefficient (Wildman–Crippen LogP) is 3.95. The number of fused-ring (bicyclic) bond motifs is 1. The molecule has 0 saturated heterocycles. The topological polar surface area (TPSA) is 62.3 Å². The summed E-state index contributed by atoms with van der Waals surface area (Å²) in [4.78, 5) is 31.2. The molecule has 4 rings (SSSR count). The average Bonchev–Trinajstić information content (AvgIpc) is 3.04. The number of benzene rings is 2. The number of amides is 2. The second kappa shape index (κ2) is 7.60. The minimum Gasteiger partial charge on any atom is -0.327 e. The van der Waals surface area contributed by atoms with Gasteiger partial charge in [0.15, 0.2) is 0 Å². The molecule has 2 aromatic carbocycles. The van der Waals surface area contributed by atoms with Crippen molar-refractivity contribution in [1.29, 1.82) is 0 Å². The number of pyridine rings is 1. The zero-order valence-corrected chi connectivity index (χ0v) is 15.0. The van der Waals surface area contributed by atoms with Gasteiger partial charge < -0.3 is 10.2 Å². The third kappa shape index (κ3) is 3.62. The number of hydrogen-bond donors (Lipinski definition) is 1. The first kappa shape index (κ1) is 17.9. The first-order chi connectivity index (χ1) is 13.6. The Morgan fingerprint density at radius 3 is 2.61 bits per heavy atom. The maximum atomic E-state index is 13.4. The van der Waals surface area contributed by atoms with Gasteiger partial charge in [-0.1, -0.05) is 30.3 Å². The van der Waals surface area contributed by atoms with Crippen LogP contribution in [0.4, 0.5) is 10.1 Å². The molecule has 0 unspecified atom stereocenters. The predicted molar refractivity (Wildman–Crippen MR) is 103 cm³/mol. The van der Waals surface area contributed by atoms with E-state index in [-0.39, 0.29) is 24.1 Å². The Hall–Kier alpha value is -3.54. The summed E-state index contributed by atoms with van der Waals surface area (Å²) in [5, 5.41) is 2.80. The van der Waals surface area contributed by atoms with E-state index in [0.717, 1.165) is 5.56 Å². The third-order valence-electron chi connectivity index (χ3n) is 4.80. The molecule has 1 atom stereocenters. The molecule has 1 aliphatic rings. The van der Waals surface area contributed by atoms with Gasteiger partial charge in [-0.25, -0.2) is 4.39 Å². The molecule has 0 radical (unpaired) electrons. The Morgan fingerprint density at radius 2 is 1.89 bits per heavy atom. The van der Waals surface area contributed by atoms with Gasteiger partial charge in [0, 0.05) is 18.3 Å². The van der Waals surface area contributed by atoms with E-state index in [9.17, 15) is 14.0 Å². The third-order valence-corrected chi connectivity index (χ3v) is 4.80. The molecule has 1 N–H and O–H groups in total.